The van der Waals surface area contributed by atoms with Crippen LogP contribution in [0.25, 0.3) is 0 Å². The Morgan fingerprint density at radius 2 is 2.05 bits per heavy atom. The van der Waals surface area contributed by atoms with E-state index in [1.54, 1.807) is 18.2 Å². The molecular formula is C14H19NO4. The number of carboxylic acids is 1. The zero-order valence-corrected chi connectivity index (χ0v) is 11.6. The molecule has 1 aliphatic carbocycles. The van der Waals surface area contributed by atoms with Gasteiger partial charge in [-0.25, -0.2) is 0 Å². The van der Waals surface area contributed by atoms with Gasteiger partial charge in [0.15, 0.2) is 0 Å². The molecule has 1 heterocycles. The van der Waals surface area contributed by atoms with Crippen LogP contribution in [0.15, 0.2) is 16.7 Å². The molecule has 0 radical (unpaired) electrons. The van der Waals surface area contributed by atoms with Crippen LogP contribution in [-0.4, -0.2) is 28.9 Å². The number of aryl methyl sites for hydroxylation is 1. The third kappa shape index (κ3) is 2.25. The van der Waals surface area contributed by atoms with E-state index in [1.807, 2.05) is 26.8 Å². The molecule has 1 aliphatic rings. The van der Waals surface area contributed by atoms with Crippen molar-refractivity contribution < 1.29 is 19.1 Å². The fraction of sp³-hybridized carbons (Fsp3) is 0.571. The van der Waals surface area contributed by atoms with Crippen LogP contribution in [0.4, 0.5) is 0 Å². The molecule has 2 rings (SSSR count). The Labute approximate surface area is 112 Å². The average Bonchev–Trinajstić information content (AvgIpc) is 2.66. The SMILES string of the molecule is Cc1occc1CN(C)C(=O)C1C(C(=O)O)C1(C)C. The minimum atomic E-state index is -0.892. The van der Waals surface area contributed by atoms with Crippen LogP contribution in [0, 0.1) is 24.2 Å². The number of carbonyl (C=O) groups is 2. The van der Waals surface area contributed by atoms with Crippen LogP contribution in [0.3, 0.4) is 0 Å². The van der Waals surface area contributed by atoms with E-state index < -0.39 is 23.2 Å². The van der Waals surface area contributed by atoms with Crippen molar-refractivity contribution in [3.63, 3.8) is 0 Å². The van der Waals surface area contributed by atoms with Gasteiger partial charge in [-0.2, -0.15) is 0 Å². The molecular weight excluding hydrogens is 246 g/mol. The lowest BCUT2D eigenvalue weighted by atomic mass is 10.1. The lowest BCUT2D eigenvalue weighted by molar-refractivity contribution is -0.141. The summed E-state index contributed by atoms with van der Waals surface area (Å²) < 4.78 is 5.19. The van der Waals surface area contributed by atoms with Crippen LogP contribution in [-0.2, 0) is 16.1 Å². The largest absolute Gasteiger partial charge is 0.481 e. The highest BCUT2D eigenvalue weighted by atomic mass is 16.4. The topological polar surface area (TPSA) is 70.8 Å². The van der Waals surface area contributed by atoms with Crippen LogP contribution >= 0.6 is 0 Å². The van der Waals surface area contributed by atoms with Gasteiger partial charge in [0, 0.05) is 19.2 Å². The molecule has 5 nitrogen and oxygen atoms in total. The highest BCUT2D eigenvalue weighted by molar-refractivity contribution is 5.91. The van der Waals surface area contributed by atoms with E-state index in [2.05, 4.69) is 0 Å². The summed E-state index contributed by atoms with van der Waals surface area (Å²) in [4.78, 5) is 25.0. The summed E-state index contributed by atoms with van der Waals surface area (Å²) >= 11 is 0. The monoisotopic (exact) mass is 265 g/mol. The smallest absolute Gasteiger partial charge is 0.307 e. The number of rotatable bonds is 4. The Morgan fingerprint density at radius 1 is 1.42 bits per heavy atom. The molecule has 0 bridgehead atoms. The van der Waals surface area contributed by atoms with E-state index in [9.17, 15) is 9.59 Å². The van der Waals surface area contributed by atoms with Gasteiger partial charge in [0.25, 0.3) is 0 Å². The number of furan rings is 1. The number of amides is 1. The molecule has 1 N–H and O–H groups in total. The molecule has 2 unspecified atom stereocenters. The second kappa shape index (κ2) is 4.40. The van der Waals surface area contributed by atoms with Crippen molar-refractivity contribution in [1.82, 2.24) is 4.90 Å². The van der Waals surface area contributed by atoms with Crippen molar-refractivity contribution in [3.8, 4) is 0 Å². The predicted octanol–water partition coefficient (Wildman–Crippen LogP) is 1.90. The summed E-state index contributed by atoms with van der Waals surface area (Å²) in [6.07, 6.45) is 1.59. The Morgan fingerprint density at radius 3 is 2.47 bits per heavy atom. The normalized spacial score (nSPS) is 24.0. The maximum atomic E-state index is 12.3. The number of carboxylic acid groups (broad SMARTS) is 1. The molecule has 104 valence electrons. The molecule has 1 aromatic rings. The maximum Gasteiger partial charge on any atom is 0.307 e. The van der Waals surface area contributed by atoms with Crippen LogP contribution < -0.4 is 0 Å². The van der Waals surface area contributed by atoms with Gasteiger partial charge in [-0.3, -0.25) is 9.59 Å². The first kappa shape index (κ1) is 13.6. The van der Waals surface area contributed by atoms with Gasteiger partial charge in [-0.1, -0.05) is 13.8 Å². The summed E-state index contributed by atoms with van der Waals surface area (Å²) in [5.41, 5.74) is 0.490. The number of aliphatic carboxylic acids is 1. The molecule has 2 atom stereocenters. The summed E-state index contributed by atoms with van der Waals surface area (Å²) in [6, 6.07) is 1.83. The number of carbonyl (C=O) groups excluding carboxylic acids is 1. The van der Waals surface area contributed by atoms with Crippen molar-refractivity contribution in [3.05, 3.63) is 23.7 Å². The molecule has 0 spiro atoms. The van der Waals surface area contributed by atoms with E-state index in [0.717, 1.165) is 11.3 Å². The standard InChI is InChI=1S/C14H19NO4/c1-8-9(5-6-19-8)7-15(4)12(16)10-11(13(17)18)14(10,2)3/h5-6,10-11H,7H2,1-4H3,(H,17,18). The molecule has 1 saturated carbocycles. The number of hydrogen-bond acceptors (Lipinski definition) is 3. The van der Waals surface area contributed by atoms with Gasteiger partial charge in [0.2, 0.25) is 5.91 Å². The first-order valence-electron chi connectivity index (χ1n) is 6.27. The Bertz CT molecular complexity index is 517. The van der Waals surface area contributed by atoms with E-state index in [4.69, 9.17) is 9.52 Å². The van der Waals surface area contributed by atoms with Crippen molar-refractivity contribution in [2.75, 3.05) is 7.05 Å². The molecule has 1 amide bonds. The van der Waals surface area contributed by atoms with Gasteiger partial charge in [-0.05, 0) is 18.4 Å². The lowest BCUT2D eigenvalue weighted by Crippen LogP contribution is -2.29. The maximum absolute atomic E-state index is 12.3. The second-order valence-electron chi connectivity index (χ2n) is 5.81. The first-order valence-corrected chi connectivity index (χ1v) is 6.27. The minimum absolute atomic E-state index is 0.113. The van der Waals surface area contributed by atoms with Crippen molar-refractivity contribution in [2.45, 2.75) is 27.3 Å². The van der Waals surface area contributed by atoms with E-state index >= 15 is 0 Å². The molecule has 1 aromatic heterocycles. The third-order valence-corrected chi connectivity index (χ3v) is 4.11. The first-order chi connectivity index (χ1) is 8.76. The van der Waals surface area contributed by atoms with Gasteiger partial charge >= 0.3 is 5.97 Å². The van der Waals surface area contributed by atoms with Gasteiger partial charge in [0.05, 0.1) is 18.1 Å². The van der Waals surface area contributed by atoms with E-state index in [-0.39, 0.29) is 5.91 Å². The molecule has 5 heteroatoms. The molecule has 1 fully saturated rings. The summed E-state index contributed by atoms with van der Waals surface area (Å²) in [5, 5.41) is 9.11. The van der Waals surface area contributed by atoms with Gasteiger partial charge < -0.3 is 14.4 Å². The zero-order chi connectivity index (χ0) is 14.4. The highest BCUT2D eigenvalue weighted by Crippen LogP contribution is 2.59. The lowest BCUT2D eigenvalue weighted by Gasteiger charge is -2.17. The Balaban J connectivity index is 2.05. The Kier molecular flexibility index (Phi) is 3.16. The van der Waals surface area contributed by atoms with Gasteiger partial charge in [0.1, 0.15) is 5.76 Å². The van der Waals surface area contributed by atoms with Crippen LogP contribution in [0.5, 0.6) is 0 Å². The minimum Gasteiger partial charge on any atom is -0.481 e. The van der Waals surface area contributed by atoms with Crippen molar-refractivity contribution >= 4 is 11.9 Å². The molecule has 0 aromatic carbocycles. The zero-order valence-electron chi connectivity index (χ0n) is 11.6. The Hall–Kier alpha value is -1.78. The summed E-state index contributed by atoms with van der Waals surface area (Å²) in [5.74, 6) is -1.23. The second-order valence-corrected chi connectivity index (χ2v) is 5.81. The number of hydrogen-bond donors (Lipinski definition) is 1. The van der Waals surface area contributed by atoms with Crippen LogP contribution in [0.2, 0.25) is 0 Å². The molecule has 19 heavy (non-hydrogen) atoms. The van der Waals surface area contributed by atoms with E-state index in [0.29, 0.717) is 6.54 Å². The van der Waals surface area contributed by atoms with Crippen molar-refractivity contribution in [1.29, 1.82) is 0 Å². The summed E-state index contributed by atoms with van der Waals surface area (Å²) in [7, 11) is 1.70. The predicted molar refractivity (Wildman–Crippen MR) is 68.3 cm³/mol. The average molecular weight is 265 g/mol. The van der Waals surface area contributed by atoms with Crippen molar-refractivity contribution in [2.24, 2.45) is 17.3 Å². The molecule has 0 aliphatic heterocycles. The van der Waals surface area contributed by atoms with E-state index in [1.165, 1.54) is 0 Å². The quantitative estimate of drug-likeness (QED) is 0.902. The molecule has 0 saturated heterocycles. The fourth-order valence-corrected chi connectivity index (χ4v) is 2.71. The van der Waals surface area contributed by atoms with Gasteiger partial charge in [-0.15, -0.1) is 0 Å². The summed E-state index contributed by atoms with van der Waals surface area (Å²) in [6.45, 7) is 5.94. The fourth-order valence-electron chi connectivity index (χ4n) is 2.71. The highest BCUT2D eigenvalue weighted by Gasteiger charge is 2.66. The van der Waals surface area contributed by atoms with Crippen LogP contribution in [0.1, 0.15) is 25.2 Å². The number of nitrogens with zero attached hydrogens (tertiary/aromatic N) is 1. The third-order valence-electron chi connectivity index (χ3n) is 4.11.